The number of nitrogens with zero attached hydrogens (tertiary/aromatic N) is 1. The maximum atomic E-state index is 12.9. The molecule has 0 aliphatic rings. The fourth-order valence-electron chi connectivity index (χ4n) is 3.05. The molecule has 0 aromatic heterocycles. The lowest BCUT2D eigenvalue weighted by molar-refractivity contribution is -0.122. The van der Waals surface area contributed by atoms with E-state index in [1.807, 2.05) is 39.0 Å². The lowest BCUT2D eigenvalue weighted by Gasteiger charge is -2.30. The van der Waals surface area contributed by atoms with Gasteiger partial charge in [0.15, 0.2) is 0 Å². The summed E-state index contributed by atoms with van der Waals surface area (Å²) in [6.07, 6.45) is 1.09. The number of rotatable bonds is 6. The maximum absolute atomic E-state index is 12.9. The summed E-state index contributed by atoms with van der Waals surface area (Å²) in [6, 6.07) is 9.81. The molecule has 0 aliphatic carbocycles. The van der Waals surface area contributed by atoms with Crippen LogP contribution in [0.1, 0.15) is 42.1 Å². The summed E-state index contributed by atoms with van der Waals surface area (Å²) in [5.41, 5.74) is 4.40. The van der Waals surface area contributed by atoms with E-state index in [0.717, 1.165) is 27.3 Å². The van der Waals surface area contributed by atoms with E-state index in [1.54, 1.807) is 32.0 Å². The summed E-state index contributed by atoms with van der Waals surface area (Å²) in [6.45, 7) is 9.28. The molecule has 152 valence electrons. The van der Waals surface area contributed by atoms with Crippen LogP contribution in [-0.4, -0.2) is 26.6 Å². The minimum Gasteiger partial charge on any atom is -0.348 e. The van der Waals surface area contributed by atoms with Crippen molar-refractivity contribution in [1.82, 2.24) is 5.32 Å². The van der Waals surface area contributed by atoms with Gasteiger partial charge in [0.2, 0.25) is 15.9 Å². The molecular weight excluding hydrogens is 396 g/mol. The normalized spacial score (nSPS) is 13.7. The van der Waals surface area contributed by atoms with Gasteiger partial charge in [-0.3, -0.25) is 9.10 Å². The van der Waals surface area contributed by atoms with Crippen LogP contribution in [0.3, 0.4) is 0 Å². The van der Waals surface area contributed by atoms with Gasteiger partial charge in [0.05, 0.1) is 18.0 Å². The Kier molecular flexibility index (Phi) is 6.78. The first-order valence-electron chi connectivity index (χ1n) is 9.05. The van der Waals surface area contributed by atoms with Crippen molar-refractivity contribution in [2.24, 2.45) is 0 Å². The average molecular weight is 423 g/mol. The van der Waals surface area contributed by atoms with Gasteiger partial charge in [-0.2, -0.15) is 0 Å². The average Bonchev–Trinajstić information content (AvgIpc) is 2.59. The smallest absolute Gasteiger partial charge is 0.244 e. The van der Waals surface area contributed by atoms with Gasteiger partial charge in [-0.25, -0.2) is 8.42 Å². The van der Waals surface area contributed by atoms with Gasteiger partial charge in [-0.05, 0) is 69.0 Å². The van der Waals surface area contributed by atoms with Crippen molar-refractivity contribution in [1.29, 1.82) is 0 Å². The molecule has 2 aromatic carbocycles. The number of sulfonamides is 1. The zero-order valence-electron chi connectivity index (χ0n) is 17.1. The van der Waals surface area contributed by atoms with Crippen molar-refractivity contribution >= 4 is 33.2 Å². The fraction of sp³-hybridized carbons (Fsp3) is 0.381. The first-order valence-corrected chi connectivity index (χ1v) is 11.3. The van der Waals surface area contributed by atoms with E-state index in [-0.39, 0.29) is 11.9 Å². The highest BCUT2D eigenvalue weighted by Crippen LogP contribution is 2.28. The van der Waals surface area contributed by atoms with E-state index in [4.69, 9.17) is 11.6 Å². The molecule has 1 amide bonds. The molecule has 2 rings (SSSR count). The van der Waals surface area contributed by atoms with Crippen LogP contribution in [0.5, 0.6) is 0 Å². The number of carbonyl (C=O) groups is 1. The maximum Gasteiger partial charge on any atom is 0.244 e. The molecule has 0 fully saturated rings. The van der Waals surface area contributed by atoms with Crippen molar-refractivity contribution in [2.45, 2.75) is 46.7 Å². The number of amides is 1. The predicted octanol–water partition coefficient (Wildman–Crippen LogP) is 4.30. The lowest BCUT2D eigenvalue weighted by atomic mass is 10.0. The fourth-order valence-corrected chi connectivity index (χ4v) is 4.44. The molecule has 0 heterocycles. The second-order valence-corrected chi connectivity index (χ2v) is 9.54. The molecule has 0 radical (unpaired) electrons. The second-order valence-electron chi connectivity index (χ2n) is 7.24. The molecule has 7 heteroatoms. The molecule has 5 nitrogen and oxygen atoms in total. The van der Waals surface area contributed by atoms with E-state index < -0.39 is 16.1 Å². The Hall–Kier alpha value is -2.05. The third-order valence-electron chi connectivity index (χ3n) is 4.89. The summed E-state index contributed by atoms with van der Waals surface area (Å²) in [5.74, 6) is -0.379. The second kappa shape index (κ2) is 8.53. The molecule has 0 aliphatic heterocycles. The third kappa shape index (κ3) is 5.06. The largest absolute Gasteiger partial charge is 0.348 e. The Morgan fingerprint density at radius 3 is 2.18 bits per heavy atom. The molecule has 2 atom stereocenters. The van der Waals surface area contributed by atoms with E-state index in [9.17, 15) is 13.2 Å². The van der Waals surface area contributed by atoms with Crippen LogP contribution in [0.15, 0.2) is 36.4 Å². The minimum absolute atomic E-state index is 0.254. The molecule has 0 saturated heterocycles. The molecule has 0 saturated carbocycles. The number of hydrogen-bond donors (Lipinski definition) is 1. The molecule has 0 bridgehead atoms. The van der Waals surface area contributed by atoms with Crippen molar-refractivity contribution < 1.29 is 13.2 Å². The quantitative estimate of drug-likeness (QED) is 0.754. The van der Waals surface area contributed by atoms with Gasteiger partial charge in [0, 0.05) is 5.02 Å². The Balaban J connectivity index is 2.31. The standard InChI is InChI=1S/C21H27ClN2O3S/c1-13-7-9-18(11-15(13)3)16(4)23-21(25)17(5)24(28(6,26)27)20-12-19(22)10-8-14(20)2/h7-12,16-17H,1-6H3,(H,23,25). The van der Waals surface area contributed by atoms with Gasteiger partial charge < -0.3 is 5.32 Å². The molecular formula is C21H27ClN2O3S. The highest BCUT2D eigenvalue weighted by Gasteiger charge is 2.31. The van der Waals surface area contributed by atoms with Gasteiger partial charge in [-0.1, -0.05) is 35.9 Å². The SMILES string of the molecule is Cc1ccc(C(C)NC(=O)C(C)N(c2cc(Cl)ccc2C)S(C)(=O)=O)cc1C. The minimum atomic E-state index is -3.70. The first kappa shape index (κ1) is 22.2. The van der Waals surface area contributed by atoms with Crippen molar-refractivity contribution in [2.75, 3.05) is 10.6 Å². The molecule has 2 unspecified atom stereocenters. The van der Waals surface area contributed by atoms with Gasteiger partial charge in [0.1, 0.15) is 6.04 Å². The molecule has 2 aromatic rings. The zero-order chi connectivity index (χ0) is 21.2. The molecule has 0 spiro atoms. The van der Waals surface area contributed by atoms with Crippen molar-refractivity contribution in [3.05, 3.63) is 63.7 Å². The van der Waals surface area contributed by atoms with Crippen LogP contribution >= 0.6 is 11.6 Å². The topological polar surface area (TPSA) is 66.5 Å². The molecule has 28 heavy (non-hydrogen) atoms. The van der Waals surface area contributed by atoms with Gasteiger partial charge in [0.25, 0.3) is 0 Å². The van der Waals surface area contributed by atoms with E-state index in [2.05, 4.69) is 5.32 Å². The monoisotopic (exact) mass is 422 g/mol. The van der Waals surface area contributed by atoms with Gasteiger partial charge >= 0.3 is 0 Å². The number of halogens is 1. The highest BCUT2D eigenvalue weighted by molar-refractivity contribution is 7.92. The summed E-state index contributed by atoms with van der Waals surface area (Å²) < 4.78 is 26.1. The van der Waals surface area contributed by atoms with E-state index in [0.29, 0.717) is 10.7 Å². The van der Waals surface area contributed by atoms with Crippen LogP contribution in [0.2, 0.25) is 5.02 Å². The van der Waals surface area contributed by atoms with Crippen molar-refractivity contribution in [3.8, 4) is 0 Å². The van der Waals surface area contributed by atoms with Crippen molar-refractivity contribution in [3.63, 3.8) is 0 Å². The number of aryl methyl sites for hydroxylation is 3. The van der Waals surface area contributed by atoms with Crippen LogP contribution in [-0.2, 0) is 14.8 Å². The Labute approximate surface area is 172 Å². The summed E-state index contributed by atoms with van der Waals surface area (Å²) in [5, 5.41) is 3.33. The third-order valence-corrected chi connectivity index (χ3v) is 6.35. The highest BCUT2D eigenvalue weighted by atomic mass is 35.5. The van der Waals surface area contributed by atoms with Crippen LogP contribution < -0.4 is 9.62 Å². The predicted molar refractivity (Wildman–Crippen MR) is 115 cm³/mol. The van der Waals surface area contributed by atoms with Crippen LogP contribution in [0.25, 0.3) is 0 Å². The van der Waals surface area contributed by atoms with E-state index >= 15 is 0 Å². The van der Waals surface area contributed by atoms with Gasteiger partial charge in [-0.15, -0.1) is 0 Å². The lowest BCUT2D eigenvalue weighted by Crippen LogP contribution is -2.48. The summed E-state index contributed by atoms with van der Waals surface area (Å²) >= 11 is 6.07. The first-order chi connectivity index (χ1) is 12.9. The summed E-state index contributed by atoms with van der Waals surface area (Å²) in [4.78, 5) is 12.9. The number of nitrogens with one attached hydrogen (secondary N) is 1. The Bertz CT molecular complexity index is 989. The molecule has 1 N–H and O–H groups in total. The number of anilines is 1. The Morgan fingerprint density at radius 2 is 1.61 bits per heavy atom. The summed E-state index contributed by atoms with van der Waals surface area (Å²) in [7, 11) is -3.70. The number of carbonyl (C=O) groups excluding carboxylic acids is 1. The Morgan fingerprint density at radius 1 is 1.00 bits per heavy atom. The van der Waals surface area contributed by atoms with Crippen LogP contribution in [0, 0.1) is 20.8 Å². The zero-order valence-corrected chi connectivity index (χ0v) is 18.6. The number of benzene rings is 2. The van der Waals surface area contributed by atoms with E-state index in [1.165, 1.54) is 5.56 Å². The van der Waals surface area contributed by atoms with Crippen LogP contribution in [0.4, 0.5) is 5.69 Å². The number of hydrogen-bond acceptors (Lipinski definition) is 3.